The van der Waals surface area contributed by atoms with Crippen molar-refractivity contribution in [1.29, 1.82) is 0 Å². The Hall–Kier alpha value is -3.04. The number of halogens is 1. The standard InChI is InChI=1S/C21H21FN4O3S/c1-29-18-6-2-16(3-7-18)20-10-11-21(24-23-20)25-12-14-26(15-13-25)30(27,28)19-8-4-17(22)5-9-19/h2-11H,12-15H2,1H3. The zero-order valence-electron chi connectivity index (χ0n) is 16.4. The number of methoxy groups -OCH3 is 1. The summed E-state index contributed by atoms with van der Waals surface area (Å²) in [5, 5.41) is 8.61. The van der Waals surface area contributed by atoms with Gasteiger partial charge in [0.25, 0.3) is 0 Å². The van der Waals surface area contributed by atoms with Crippen LogP contribution in [0.2, 0.25) is 0 Å². The molecule has 4 rings (SSSR count). The van der Waals surface area contributed by atoms with Gasteiger partial charge in [-0.1, -0.05) is 0 Å². The predicted molar refractivity (Wildman–Crippen MR) is 111 cm³/mol. The van der Waals surface area contributed by atoms with E-state index in [1.54, 1.807) is 7.11 Å². The minimum atomic E-state index is -3.64. The monoisotopic (exact) mass is 428 g/mol. The number of ether oxygens (including phenoxy) is 1. The topological polar surface area (TPSA) is 75.6 Å². The maximum atomic E-state index is 13.1. The first-order valence-electron chi connectivity index (χ1n) is 9.46. The molecule has 0 spiro atoms. The van der Waals surface area contributed by atoms with Crippen LogP contribution in [0.1, 0.15) is 0 Å². The highest BCUT2D eigenvalue weighted by Gasteiger charge is 2.29. The Labute approximate surface area is 174 Å². The van der Waals surface area contributed by atoms with Gasteiger partial charge in [-0.3, -0.25) is 0 Å². The quantitative estimate of drug-likeness (QED) is 0.622. The summed E-state index contributed by atoms with van der Waals surface area (Å²) in [6.45, 7) is 1.64. The Kier molecular flexibility index (Phi) is 5.65. The molecule has 7 nitrogen and oxygen atoms in total. The van der Waals surface area contributed by atoms with Gasteiger partial charge in [-0.05, 0) is 60.7 Å². The predicted octanol–water partition coefficient (Wildman–Crippen LogP) is 2.80. The van der Waals surface area contributed by atoms with Crippen LogP contribution < -0.4 is 9.64 Å². The first-order chi connectivity index (χ1) is 14.5. The largest absolute Gasteiger partial charge is 0.497 e. The van der Waals surface area contributed by atoms with Gasteiger partial charge in [-0.15, -0.1) is 10.2 Å². The maximum absolute atomic E-state index is 13.1. The van der Waals surface area contributed by atoms with E-state index in [1.165, 1.54) is 16.4 Å². The van der Waals surface area contributed by atoms with Crippen LogP contribution in [-0.2, 0) is 10.0 Å². The average molecular weight is 428 g/mol. The van der Waals surface area contributed by atoms with Gasteiger partial charge in [0.1, 0.15) is 11.6 Å². The van der Waals surface area contributed by atoms with E-state index >= 15 is 0 Å². The molecule has 0 atom stereocenters. The Bertz CT molecular complexity index is 1100. The van der Waals surface area contributed by atoms with Crippen LogP contribution >= 0.6 is 0 Å². The van der Waals surface area contributed by atoms with E-state index in [0.29, 0.717) is 32.0 Å². The summed E-state index contributed by atoms with van der Waals surface area (Å²) in [6, 6.07) is 16.2. The molecule has 1 aromatic heterocycles. The zero-order valence-corrected chi connectivity index (χ0v) is 17.2. The molecular formula is C21H21FN4O3S. The van der Waals surface area contributed by atoms with Gasteiger partial charge in [0.05, 0.1) is 17.7 Å². The number of aromatic nitrogens is 2. The number of hydrogen-bond donors (Lipinski definition) is 0. The highest BCUT2D eigenvalue weighted by Crippen LogP contribution is 2.23. The Morgan fingerprint density at radius 1 is 0.867 bits per heavy atom. The lowest BCUT2D eigenvalue weighted by atomic mass is 10.1. The van der Waals surface area contributed by atoms with E-state index < -0.39 is 15.8 Å². The van der Waals surface area contributed by atoms with Crippen LogP contribution in [0.4, 0.5) is 10.2 Å². The molecule has 1 saturated heterocycles. The molecule has 0 N–H and O–H groups in total. The number of anilines is 1. The molecule has 9 heteroatoms. The second kappa shape index (κ2) is 8.37. The highest BCUT2D eigenvalue weighted by atomic mass is 32.2. The molecule has 2 heterocycles. The van der Waals surface area contributed by atoms with Gasteiger partial charge >= 0.3 is 0 Å². The third-order valence-electron chi connectivity index (χ3n) is 5.05. The molecule has 0 bridgehead atoms. The van der Waals surface area contributed by atoms with Crippen LogP contribution in [0, 0.1) is 5.82 Å². The summed E-state index contributed by atoms with van der Waals surface area (Å²) < 4.78 is 45.1. The van der Waals surface area contributed by atoms with Crippen molar-refractivity contribution >= 4 is 15.8 Å². The average Bonchev–Trinajstić information content (AvgIpc) is 2.80. The minimum absolute atomic E-state index is 0.0981. The van der Waals surface area contributed by atoms with Gasteiger partial charge in [0, 0.05) is 31.7 Å². The number of nitrogens with zero attached hydrogens (tertiary/aromatic N) is 4. The molecule has 30 heavy (non-hydrogen) atoms. The van der Waals surface area contributed by atoms with Gasteiger partial charge in [0.2, 0.25) is 10.0 Å². The van der Waals surface area contributed by atoms with Crippen LogP contribution in [0.5, 0.6) is 5.75 Å². The van der Waals surface area contributed by atoms with Crippen LogP contribution in [-0.4, -0.2) is 56.2 Å². The van der Waals surface area contributed by atoms with E-state index in [9.17, 15) is 12.8 Å². The molecule has 2 aromatic carbocycles. The second-order valence-electron chi connectivity index (χ2n) is 6.85. The molecule has 1 fully saturated rings. The van der Waals surface area contributed by atoms with Crippen molar-refractivity contribution in [1.82, 2.24) is 14.5 Å². The fraction of sp³-hybridized carbons (Fsp3) is 0.238. The summed E-state index contributed by atoms with van der Waals surface area (Å²) in [6.07, 6.45) is 0. The van der Waals surface area contributed by atoms with E-state index in [0.717, 1.165) is 29.1 Å². The Balaban J connectivity index is 1.42. The Morgan fingerprint density at radius 2 is 1.53 bits per heavy atom. The molecule has 0 unspecified atom stereocenters. The fourth-order valence-corrected chi connectivity index (χ4v) is 4.74. The highest BCUT2D eigenvalue weighted by molar-refractivity contribution is 7.89. The van der Waals surface area contributed by atoms with Crippen LogP contribution in [0.25, 0.3) is 11.3 Å². The molecular weight excluding hydrogens is 407 g/mol. The summed E-state index contributed by atoms with van der Waals surface area (Å²) >= 11 is 0. The number of sulfonamides is 1. The third-order valence-corrected chi connectivity index (χ3v) is 6.96. The lowest BCUT2D eigenvalue weighted by Gasteiger charge is -2.34. The Morgan fingerprint density at radius 3 is 2.10 bits per heavy atom. The fourth-order valence-electron chi connectivity index (χ4n) is 3.32. The van der Waals surface area contributed by atoms with Gasteiger partial charge in [0.15, 0.2) is 5.82 Å². The molecule has 156 valence electrons. The first-order valence-corrected chi connectivity index (χ1v) is 10.9. The molecule has 0 aliphatic carbocycles. The molecule has 0 radical (unpaired) electrons. The first kappa shape index (κ1) is 20.2. The van der Waals surface area contributed by atoms with Crippen molar-refractivity contribution in [2.45, 2.75) is 4.90 Å². The van der Waals surface area contributed by atoms with E-state index in [-0.39, 0.29) is 4.90 Å². The van der Waals surface area contributed by atoms with E-state index in [4.69, 9.17) is 4.74 Å². The molecule has 1 aliphatic heterocycles. The lowest BCUT2D eigenvalue weighted by molar-refractivity contribution is 0.383. The number of rotatable bonds is 5. The van der Waals surface area contributed by atoms with Crippen molar-refractivity contribution in [3.05, 3.63) is 66.5 Å². The molecule has 0 amide bonds. The smallest absolute Gasteiger partial charge is 0.243 e. The minimum Gasteiger partial charge on any atom is -0.497 e. The van der Waals surface area contributed by atoms with E-state index in [2.05, 4.69) is 10.2 Å². The van der Waals surface area contributed by atoms with Crippen LogP contribution in [0.3, 0.4) is 0 Å². The lowest BCUT2D eigenvalue weighted by Crippen LogP contribution is -2.49. The van der Waals surface area contributed by atoms with Gasteiger partial charge < -0.3 is 9.64 Å². The SMILES string of the molecule is COc1ccc(-c2ccc(N3CCN(S(=O)(=O)c4ccc(F)cc4)CC3)nn2)cc1. The van der Waals surface area contributed by atoms with Crippen molar-refractivity contribution < 1.29 is 17.5 Å². The third kappa shape index (κ3) is 4.12. The van der Waals surface area contributed by atoms with Crippen molar-refractivity contribution in [3.63, 3.8) is 0 Å². The molecule has 0 saturated carbocycles. The summed E-state index contributed by atoms with van der Waals surface area (Å²) in [5.74, 6) is 1.01. The van der Waals surface area contributed by atoms with Crippen molar-refractivity contribution in [2.75, 3.05) is 38.2 Å². The van der Waals surface area contributed by atoms with Gasteiger partial charge in [-0.25, -0.2) is 12.8 Å². The zero-order chi connectivity index (χ0) is 21.1. The maximum Gasteiger partial charge on any atom is 0.243 e. The van der Waals surface area contributed by atoms with Crippen molar-refractivity contribution in [2.24, 2.45) is 0 Å². The number of benzene rings is 2. The van der Waals surface area contributed by atoms with Crippen molar-refractivity contribution in [3.8, 4) is 17.0 Å². The molecule has 3 aromatic rings. The summed E-state index contributed by atoms with van der Waals surface area (Å²) in [7, 11) is -2.02. The number of hydrogen-bond acceptors (Lipinski definition) is 6. The van der Waals surface area contributed by atoms with Crippen LogP contribution in [0.15, 0.2) is 65.6 Å². The molecule has 1 aliphatic rings. The summed E-state index contributed by atoms with van der Waals surface area (Å²) in [4.78, 5) is 2.10. The number of piperazine rings is 1. The second-order valence-corrected chi connectivity index (χ2v) is 8.79. The normalized spacial score (nSPS) is 15.2. The summed E-state index contributed by atoms with van der Waals surface area (Å²) in [5.41, 5.74) is 1.68. The van der Waals surface area contributed by atoms with E-state index in [1.807, 2.05) is 41.3 Å². The van der Waals surface area contributed by atoms with Gasteiger partial charge in [-0.2, -0.15) is 4.31 Å².